The van der Waals surface area contributed by atoms with Crippen molar-refractivity contribution in [2.75, 3.05) is 0 Å². The van der Waals surface area contributed by atoms with Crippen molar-refractivity contribution >= 4 is 33.9 Å². The summed E-state index contributed by atoms with van der Waals surface area (Å²) < 4.78 is 1.27. The minimum Gasteiger partial charge on any atom is -0.391 e. The Labute approximate surface area is 107 Å². The number of hydrogen-bond acceptors (Lipinski definition) is 2. The fraction of sp³-hybridized carbons (Fsp3) is 0.167. The summed E-state index contributed by atoms with van der Waals surface area (Å²) in [6.07, 6.45) is 0.952. The number of benzene rings is 1. The molecule has 0 saturated heterocycles. The minimum atomic E-state index is 0.150. The number of aliphatic hydroxyl groups is 1. The molecule has 78 valence electrons. The largest absolute Gasteiger partial charge is 0.391 e. The molecule has 0 spiro atoms. The van der Waals surface area contributed by atoms with Gasteiger partial charge in [-0.1, -0.05) is 12.1 Å². The van der Waals surface area contributed by atoms with Crippen molar-refractivity contribution in [3.05, 3.63) is 55.3 Å². The molecule has 0 radical (unpaired) electrons. The summed E-state index contributed by atoms with van der Waals surface area (Å²) >= 11 is 3.94. The first-order chi connectivity index (χ1) is 7.28. The molecule has 0 aliphatic heterocycles. The Kier molecular flexibility index (Phi) is 3.77. The second-order valence-corrected chi connectivity index (χ2v) is 5.63. The fourth-order valence-corrected chi connectivity index (χ4v) is 2.84. The van der Waals surface area contributed by atoms with E-state index in [0.29, 0.717) is 0 Å². The molecule has 1 nitrogen and oxygen atoms in total. The third-order valence-corrected chi connectivity index (χ3v) is 3.80. The maximum atomic E-state index is 8.97. The van der Waals surface area contributed by atoms with Gasteiger partial charge in [-0.3, -0.25) is 0 Å². The number of aliphatic hydroxyl groups excluding tert-OH is 1. The van der Waals surface area contributed by atoms with E-state index in [9.17, 15) is 0 Å². The number of thiophene rings is 1. The molecule has 15 heavy (non-hydrogen) atoms. The Morgan fingerprint density at radius 1 is 1.20 bits per heavy atom. The molecule has 0 aliphatic carbocycles. The van der Waals surface area contributed by atoms with Crippen LogP contribution in [0.4, 0.5) is 0 Å². The topological polar surface area (TPSA) is 20.2 Å². The number of halogens is 1. The monoisotopic (exact) mass is 330 g/mol. The van der Waals surface area contributed by atoms with Crippen LogP contribution in [0.2, 0.25) is 0 Å². The van der Waals surface area contributed by atoms with E-state index in [0.717, 1.165) is 11.3 Å². The average Bonchev–Trinajstić information content (AvgIpc) is 2.65. The normalized spacial score (nSPS) is 10.5. The molecule has 3 heteroatoms. The van der Waals surface area contributed by atoms with E-state index >= 15 is 0 Å². The van der Waals surface area contributed by atoms with Crippen LogP contribution in [0, 0.1) is 3.57 Å². The van der Waals surface area contributed by atoms with Gasteiger partial charge in [-0.25, -0.2) is 0 Å². The van der Waals surface area contributed by atoms with Gasteiger partial charge in [0.15, 0.2) is 0 Å². The highest BCUT2D eigenvalue weighted by Crippen LogP contribution is 2.18. The van der Waals surface area contributed by atoms with Crippen LogP contribution in [-0.4, -0.2) is 5.11 Å². The lowest BCUT2D eigenvalue weighted by atomic mass is 10.1. The zero-order chi connectivity index (χ0) is 10.7. The van der Waals surface area contributed by atoms with E-state index in [1.165, 1.54) is 14.7 Å². The van der Waals surface area contributed by atoms with Crippen molar-refractivity contribution in [1.29, 1.82) is 0 Å². The predicted octanol–water partition coefficient (Wildman–Crippen LogP) is 3.44. The van der Waals surface area contributed by atoms with Crippen molar-refractivity contribution in [3.63, 3.8) is 0 Å². The molecule has 2 aromatic rings. The quantitative estimate of drug-likeness (QED) is 0.855. The maximum Gasteiger partial charge on any atom is 0.0774 e. The second kappa shape index (κ2) is 5.09. The first-order valence-corrected chi connectivity index (χ1v) is 6.65. The molecular formula is C12H11IOS. The van der Waals surface area contributed by atoms with Gasteiger partial charge in [0.05, 0.1) is 6.61 Å². The van der Waals surface area contributed by atoms with E-state index in [-0.39, 0.29) is 6.61 Å². The summed E-state index contributed by atoms with van der Waals surface area (Å²) in [6.45, 7) is 0.150. The van der Waals surface area contributed by atoms with Crippen LogP contribution >= 0.6 is 33.9 Å². The van der Waals surface area contributed by atoms with Crippen molar-refractivity contribution in [1.82, 2.24) is 0 Å². The van der Waals surface area contributed by atoms with Crippen molar-refractivity contribution in [3.8, 4) is 0 Å². The molecule has 1 N–H and O–H groups in total. The highest BCUT2D eigenvalue weighted by molar-refractivity contribution is 14.1. The van der Waals surface area contributed by atoms with Gasteiger partial charge in [-0.2, -0.15) is 0 Å². The summed E-state index contributed by atoms with van der Waals surface area (Å²) in [7, 11) is 0. The zero-order valence-electron chi connectivity index (χ0n) is 8.11. The predicted molar refractivity (Wildman–Crippen MR) is 72.2 cm³/mol. The Morgan fingerprint density at radius 2 is 2.07 bits per heavy atom. The van der Waals surface area contributed by atoms with Gasteiger partial charge >= 0.3 is 0 Å². The van der Waals surface area contributed by atoms with Gasteiger partial charge < -0.3 is 5.11 Å². The maximum absolute atomic E-state index is 8.97. The van der Waals surface area contributed by atoms with Crippen molar-refractivity contribution < 1.29 is 5.11 Å². The minimum absolute atomic E-state index is 0.150. The Balaban J connectivity index is 2.14. The van der Waals surface area contributed by atoms with Crippen LogP contribution < -0.4 is 0 Å². The summed E-state index contributed by atoms with van der Waals surface area (Å²) in [5.74, 6) is 0. The van der Waals surface area contributed by atoms with E-state index in [4.69, 9.17) is 5.11 Å². The molecule has 1 aromatic heterocycles. The second-order valence-electron chi connectivity index (χ2n) is 3.39. The third kappa shape index (κ3) is 3.03. The van der Waals surface area contributed by atoms with Crippen LogP contribution in [0.1, 0.15) is 16.0 Å². The first kappa shape index (κ1) is 11.1. The Morgan fingerprint density at radius 3 is 2.73 bits per heavy atom. The summed E-state index contributed by atoms with van der Waals surface area (Å²) in [4.78, 5) is 1.04. The van der Waals surface area contributed by atoms with Crippen LogP contribution in [-0.2, 0) is 13.0 Å². The molecule has 1 aromatic carbocycles. The lowest BCUT2D eigenvalue weighted by Crippen LogP contribution is -1.86. The Hall–Kier alpha value is -0.390. The average molecular weight is 330 g/mol. The van der Waals surface area contributed by atoms with Crippen LogP contribution in [0.15, 0.2) is 35.7 Å². The molecule has 1 heterocycles. The van der Waals surface area contributed by atoms with Crippen molar-refractivity contribution in [2.45, 2.75) is 13.0 Å². The lowest BCUT2D eigenvalue weighted by molar-refractivity contribution is 0.285. The van der Waals surface area contributed by atoms with Gasteiger partial charge in [0.25, 0.3) is 0 Å². The van der Waals surface area contributed by atoms with Gasteiger partial charge in [0, 0.05) is 8.45 Å². The molecular weight excluding hydrogens is 319 g/mol. The summed E-state index contributed by atoms with van der Waals surface area (Å²) in [5, 5.41) is 11.1. The van der Waals surface area contributed by atoms with Crippen LogP contribution in [0.25, 0.3) is 0 Å². The van der Waals surface area contributed by atoms with Gasteiger partial charge in [-0.05, 0) is 63.7 Å². The molecule has 0 aliphatic rings. The summed E-state index contributed by atoms with van der Waals surface area (Å²) in [5.41, 5.74) is 2.61. The fourth-order valence-electron chi connectivity index (χ4n) is 1.48. The lowest BCUT2D eigenvalue weighted by Gasteiger charge is -1.99. The highest BCUT2D eigenvalue weighted by atomic mass is 127. The molecule has 0 saturated carbocycles. The van der Waals surface area contributed by atoms with Crippen LogP contribution in [0.5, 0.6) is 0 Å². The smallest absolute Gasteiger partial charge is 0.0774 e. The molecule has 0 bridgehead atoms. The molecule has 0 amide bonds. The molecule has 2 rings (SSSR count). The SMILES string of the molecule is OCc1cc(Cc2cccc(I)c2)cs1. The highest BCUT2D eigenvalue weighted by Gasteiger charge is 2.00. The van der Waals surface area contributed by atoms with Crippen LogP contribution in [0.3, 0.4) is 0 Å². The van der Waals surface area contributed by atoms with Gasteiger partial charge in [0.1, 0.15) is 0 Å². The molecule has 0 fully saturated rings. The third-order valence-electron chi connectivity index (χ3n) is 2.16. The zero-order valence-corrected chi connectivity index (χ0v) is 11.1. The van der Waals surface area contributed by atoms with E-state index in [1.54, 1.807) is 11.3 Å². The van der Waals surface area contributed by atoms with E-state index in [1.807, 2.05) is 0 Å². The Bertz CT molecular complexity index is 450. The molecule has 0 atom stereocenters. The standard InChI is InChI=1S/C12H11IOS/c13-11-3-1-2-9(5-11)4-10-6-12(7-14)15-8-10/h1-3,5-6,8,14H,4,7H2. The van der Waals surface area contributed by atoms with E-state index in [2.05, 4.69) is 58.3 Å². The van der Waals surface area contributed by atoms with Crippen molar-refractivity contribution in [2.24, 2.45) is 0 Å². The van der Waals surface area contributed by atoms with Gasteiger partial charge in [-0.15, -0.1) is 11.3 Å². The number of rotatable bonds is 3. The molecule has 0 unspecified atom stereocenters. The van der Waals surface area contributed by atoms with E-state index < -0.39 is 0 Å². The first-order valence-electron chi connectivity index (χ1n) is 4.69. The van der Waals surface area contributed by atoms with Gasteiger partial charge in [0.2, 0.25) is 0 Å². The number of hydrogen-bond donors (Lipinski definition) is 1. The summed E-state index contributed by atoms with van der Waals surface area (Å²) in [6, 6.07) is 10.6.